The van der Waals surface area contributed by atoms with Crippen molar-refractivity contribution in [1.29, 1.82) is 0 Å². The third-order valence-electron chi connectivity index (χ3n) is 3.95. The smallest absolute Gasteiger partial charge is 0.271 e. The second kappa shape index (κ2) is 10.3. The standard InChI is InChI=1S/C19H23N3O5S2/c1-15-7-9-18(10-8-15)28-12-4-11-20-19(23)14-21(29(2,26)27)16-5-3-6-17(13-16)22(24)25/h3,5-10,13H,4,11-12,14H2,1-2H3,(H,20,23). The fraction of sp³-hybridized carbons (Fsp3) is 0.316. The maximum atomic E-state index is 12.2. The predicted molar refractivity (Wildman–Crippen MR) is 115 cm³/mol. The van der Waals surface area contributed by atoms with Gasteiger partial charge in [0.1, 0.15) is 6.54 Å². The maximum absolute atomic E-state index is 12.2. The highest BCUT2D eigenvalue weighted by molar-refractivity contribution is 7.99. The Labute approximate surface area is 174 Å². The first-order valence-corrected chi connectivity index (χ1v) is 11.7. The summed E-state index contributed by atoms with van der Waals surface area (Å²) in [5.41, 5.74) is 1.03. The molecule has 2 aromatic rings. The van der Waals surface area contributed by atoms with Gasteiger partial charge in [-0.3, -0.25) is 19.2 Å². The summed E-state index contributed by atoms with van der Waals surface area (Å²) >= 11 is 1.68. The van der Waals surface area contributed by atoms with E-state index in [-0.39, 0.29) is 11.4 Å². The lowest BCUT2D eigenvalue weighted by atomic mass is 10.2. The molecular formula is C19H23N3O5S2. The number of nitrogens with zero attached hydrogens (tertiary/aromatic N) is 2. The van der Waals surface area contributed by atoms with E-state index in [4.69, 9.17) is 0 Å². The van der Waals surface area contributed by atoms with Crippen LogP contribution in [0.15, 0.2) is 53.4 Å². The molecule has 1 amide bonds. The zero-order valence-electron chi connectivity index (χ0n) is 16.2. The normalized spacial score (nSPS) is 11.1. The Balaban J connectivity index is 1.88. The average molecular weight is 438 g/mol. The summed E-state index contributed by atoms with van der Waals surface area (Å²) in [4.78, 5) is 23.7. The van der Waals surface area contributed by atoms with Gasteiger partial charge in [-0.15, -0.1) is 11.8 Å². The third kappa shape index (κ3) is 7.39. The van der Waals surface area contributed by atoms with Crippen LogP contribution < -0.4 is 9.62 Å². The van der Waals surface area contributed by atoms with Gasteiger partial charge in [-0.2, -0.15) is 0 Å². The number of thioether (sulfide) groups is 1. The van der Waals surface area contributed by atoms with Crippen molar-refractivity contribution in [3.63, 3.8) is 0 Å². The summed E-state index contributed by atoms with van der Waals surface area (Å²) in [5, 5.41) is 13.6. The number of non-ortho nitro benzene ring substituents is 1. The number of aryl methyl sites for hydroxylation is 1. The second-order valence-corrected chi connectivity index (χ2v) is 9.49. The first kappa shape index (κ1) is 22.7. The molecule has 0 aliphatic rings. The Morgan fingerprint density at radius 1 is 1.21 bits per heavy atom. The van der Waals surface area contributed by atoms with E-state index in [1.807, 2.05) is 31.2 Å². The predicted octanol–water partition coefficient (Wildman–Crippen LogP) is 2.97. The summed E-state index contributed by atoms with van der Waals surface area (Å²) in [6.07, 6.45) is 1.68. The number of nitrogens with one attached hydrogen (secondary N) is 1. The van der Waals surface area contributed by atoms with Crippen molar-refractivity contribution in [3.05, 3.63) is 64.2 Å². The van der Waals surface area contributed by atoms with Crippen molar-refractivity contribution in [2.24, 2.45) is 0 Å². The van der Waals surface area contributed by atoms with Gasteiger partial charge >= 0.3 is 0 Å². The molecule has 0 atom stereocenters. The van der Waals surface area contributed by atoms with Gasteiger partial charge in [0.15, 0.2) is 0 Å². The molecule has 0 unspecified atom stereocenters. The van der Waals surface area contributed by atoms with Crippen LogP contribution in [0.3, 0.4) is 0 Å². The van der Waals surface area contributed by atoms with Gasteiger partial charge in [-0.1, -0.05) is 23.8 Å². The first-order valence-electron chi connectivity index (χ1n) is 8.85. The molecule has 0 radical (unpaired) electrons. The zero-order chi connectivity index (χ0) is 21.4. The number of anilines is 1. The van der Waals surface area contributed by atoms with E-state index < -0.39 is 27.4 Å². The number of nitro benzene ring substituents is 1. The molecule has 0 aliphatic heterocycles. The van der Waals surface area contributed by atoms with Crippen LogP contribution in [0.25, 0.3) is 0 Å². The highest BCUT2D eigenvalue weighted by Crippen LogP contribution is 2.23. The molecule has 156 valence electrons. The lowest BCUT2D eigenvalue weighted by molar-refractivity contribution is -0.384. The fourth-order valence-electron chi connectivity index (χ4n) is 2.47. The van der Waals surface area contributed by atoms with Crippen LogP contribution >= 0.6 is 11.8 Å². The van der Waals surface area contributed by atoms with Gasteiger partial charge in [0, 0.05) is 23.6 Å². The van der Waals surface area contributed by atoms with Crippen molar-refractivity contribution in [2.45, 2.75) is 18.2 Å². The number of hydrogen-bond acceptors (Lipinski definition) is 6. The second-order valence-electron chi connectivity index (χ2n) is 6.41. The van der Waals surface area contributed by atoms with E-state index in [1.54, 1.807) is 11.8 Å². The highest BCUT2D eigenvalue weighted by Gasteiger charge is 2.22. The Morgan fingerprint density at radius 2 is 1.90 bits per heavy atom. The third-order valence-corrected chi connectivity index (χ3v) is 6.19. The van der Waals surface area contributed by atoms with Crippen molar-refractivity contribution < 1.29 is 18.1 Å². The molecule has 0 bridgehead atoms. The van der Waals surface area contributed by atoms with Crippen molar-refractivity contribution >= 4 is 39.1 Å². The topological polar surface area (TPSA) is 110 Å². The fourth-order valence-corrected chi connectivity index (χ4v) is 4.17. The molecule has 0 heterocycles. The molecule has 2 rings (SSSR count). The molecule has 1 N–H and O–H groups in total. The molecule has 2 aromatic carbocycles. The molecule has 29 heavy (non-hydrogen) atoms. The van der Waals surface area contributed by atoms with Crippen molar-refractivity contribution in [3.8, 4) is 0 Å². The van der Waals surface area contributed by atoms with E-state index in [2.05, 4.69) is 5.32 Å². The average Bonchev–Trinajstić information content (AvgIpc) is 2.66. The highest BCUT2D eigenvalue weighted by atomic mass is 32.2. The van der Waals surface area contributed by atoms with Crippen LogP contribution in [-0.2, 0) is 14.8 Å². The summed E-state index contributed by atoms with van der Waals surface area (Å²) < 4.78 is 25.0. The largest absolute Gasteiger partial charge is 0.354 e. The molecule has 0 aliphatic carbocycles. The lowest BCUT2D eigenvalue weighted by Gasteiger charge is -2.21. The van der Waals surface area contributed by atoms with Gasteiger partial charge in [0.2, 0.25) is 15.9 Å². The van der Waals surface area contributed by atoms with Crippen LogP contribution in [0.5, 0.6) is 0 Å². The minimum atomic E-state index is -3.78. The van der Waals surface area contributed by atoms with Crippen molar-refractivity contribution in [1.82, 2.24) is 5.32 Å². The zero-order valence-corrected chi connectivity index (χ0v) is 17.8. The molecule has 10 heteroatoms. The van der Waals surface area contributed by atoms with Gasteiger partial charge in [0.05, 0.1) is 16.9 Å². The quantitative estimate of drug-likeness (QED) is 0.265. The summed E-state index contributed by atoms with van der Waals surface area (Å²) in [7, 11) is -3.78. The molecule has 0 saturated heterocycles. The minimum absolute atomic E-state index is 0.0757. The maximum Gasteiger partial charge on any atom is 0.271 e. The van der Waals surface area contributed by atoms with E-state index in [0.717, 1.165) is 33.7 Å². The Bertz CT molecular complexity index is 962. The van der Waals surface area contributed by atoms with Crippen LogP contribution in [0, 0.1) is 17.0 Å². The summed E-state index contributed by atoms with van der Waals surface area (Å²) in [6.45, 7) is 1.99. The number of nitro groups is 1. The lowest BCUT2D eigenvalue weighted by Crippen LogP contribution is -2.40. The molecule has 0 spiro atoms. The minimum Gasteiger partial charge on any atom is -0.354 e. The number of carbonyl (C=O) groups is 1. The number of carbonyl (C=O) groups excluding carboxylic acids is 1. The van der Waals surface area contributed by atoms with Crippen LogP contribution in [-0.4, -0.2) is 44.3 Å². The van der Waals surface area contributed by atoms with Crippen LogP contribution in [0.4, 0.5) is 11.4 Å². The molecule has 0 fully saturated rings. The first-order chi connectivity index (χ1) is 13.7. The van der Waals surface area contributed by atoms with E-state index in [0.29, 0.717) is 6.54 Å². The number of amides is 1. The van der Waals surface area contributed by atoms with Gasteiger partial charge in [-0.05, 0) is 37.3 Å². The Morgan fingerprint density at radius 3 is 2.52 bits per heavy atom. The Hall–Kier alpha value is -2.59. The van der Waals surface area contributed by atoms with E-state index in [9.17, 15) is 23.3 Å². The number of benzene rings is 2. The van der Waals surface area contributed by atoms with Crippen LogP contribution in [0.1, 0.15) is 12.0 Å². The van der Waals surface area contributed by atoms with Gasteiger partial charge in [-0.25, -0.2) is 8.42 Å². The van der Waals surface area contributed by atoms with E-state index in [1.165, 1.54) is 23.8 Å². The van der Waals surface area contributed by atoms with Gasteiger partial charge < -0.3 is 5.32 Å². The number of sulfonamides is 1. The summed E-state index contributed by atoms with van der Waals surface area (Å²) in [5.74, 6) is 0.339. The van der Waals surface area contributed by atoms with Gasteiger partial charge in [0.25, 0.3) is 5.69 Å². The number of rotatable bonds is 10. The molecule has 0 saturated carbocycles. The van der Waals surface area contributed by atoms with Crippen molar-refractivity contribution in [2.75, 3.05) is 29.4 Å². The molecule has 8 nitrogen and oxygen atoms in total. The monoisotopic (exact) mass is 437 g/mol. The summed E-state index contributed by atoms with van der Waals surface area (Å²) in [6, 6.07) is 13.4. The number of hydrogen-bond donors (Lipinski definition) is 1. The van der Waals surface area contributed by atoms with E-state index >= 15 is 0 Å². The molecular weight excluding hydrogens is 414 g/mol. The SMILES string of the molecule is Cc1ccc(SCCCNC(=O)CN(c2cccc([N+](=O)[O-])c2)S(C)(=O)=O)cc1. The molecule has 0 aromatic heterocycles. The Kier molecular flexibility index (Phi) is 8.03. The van der Waals surface area contributed by atoms with Crippen LogP contribution in [0.2, 0.25) is 0 Å².